The lowest BCUT2D eigenvalue weighted by Crippen LogP contribution is -2.24. The fourth-order valence-electron chi connectivity index (χ4n) is 1.69. The van der Waals surface area contributed by atoms with Crippen LogP contribution in [0, 0.1) is 6.92 Å². The van der Waals surface area contributed by atoms with Crippen molar-refractivity contribution >= 4 is 51.3 Å². The second-order valence-electron chi connectivity index (χ2n) is 4.63. The molecule has 1 amide bonds. The van der Waals surface area contributed by atoms with Crippen LogP contribution in [0.1, 0.15) is 11.1 Å². The van der Waals surface area contributed by atoms with E-state index in [1.807, 2.05) is 19.1 Å². The highest BCUT2D eigenvalue weighted by Gasteiger charge is 2.04. The monoisotopic (exact) mass is 414 g/mol. The zero-order valence-electron chi connectivity index (χ0n) is 12.1. The van der Waals surface area contributed by atoms with Crippen LogP contribution < -0.4 is 10.2 Å². The number of hydrogen-bond donors (Lipinski definition) is 1. The number of carbonyl (C=O) groups excluding carboxylic acids is 1. The number of nitrogens with zero attached hydrogens (tertiary/aromatic N) is 1. The molecule has 0 saturated carbocycles. The van der Waals surface area contributed by atoms with E-state index in [4.69, 9.17) is 27.9 Å². The van der Waals surface area contributed by atoms with Gasteiger partial charge in [0.05, 0.1) is 16.3 Å². The van der Waals surface area contributed by atoms with Crippen molar-refractivity contribution in [1.29, 1.82) is 0 Å². The second kappa shape index (κ2) is 8.34. The van der Waals surface area contributed by atoms with Crippen LogP contribution in [0.15, 0.2) is 46.0 Å². The maximum Gasteiger partial charge on any atom is 0.277 e. The van der Waals surface area contributed by atoms with Gasteiger partial charge in [0.2, 0.25) is 0 Å². The Bertz CT molecular complexity index is 731. The minimum atomic E-state index is -0.384. The molecule has 2 aromatic carbocycles. The molecule has 120 valence electrons. The molecule has 0 atom stereocenters. The fraction of sp³-hybridized carbons (Fsp3) is 0.125. The third-order valence-corrected chi connectivity index (χ3v) is 4.43. The van der Waals surface area contributed by atoms with Gasteiger partial charge >= 0.3 is 0 Å². The molecule has 1 N–H and O–H groups in total. The number of hydrogen-bond acceptors (Lipinski definition) is 3. The molecule has 0 bridgehead atoms. The summed E-state index contributed by atoms with van der Waals surface area (Å²) in [4.78, 5) is 11.7. The summed E-state index contributed by atoms with van der Waals surface area (Å²) in [6.07, 6.45) is 1.40. The van der Waals surface area contributed by atoms with E-state index in [0.717, 1.165) is 10.0 Å². The Morgan fingerprint density at radius 2 is 2.00 bits per heavy atom. The Labute approximate surface area is 152 Å². The average Bonchev–Trinajstić information content (AvgIpc) is 2.51. The number of carbonyl (C=O) groups is 1. The van der Waals surface area contributed by atoms with Gasteiger partial charge in [0.1, 0.15) is 5.75 Å². The van der Waals surface area contributed by atoms with Gasteiger partial charge in [0.15, 0.2) is 6.61 Å². The van der Waals surface area contributed by atoms with Crippen LogP contribution >= 0.6 is 39.1 Å². The van der Waals surface area contributed by atoms with Gasteiger partial charge in [-0.3, -0.25) is 4.79 Å². The van der Waals surface area contributed by atoms with Crippen molar-refractivity contribution in [2.45, 2.75) is 6.92 Å². The van der Waals surface area contributed by atoms with Gasteiger partial charge in [-0.1, -0.05) is 45.2 Å². The van der Waals surface area contributed by atoms with Crippen molar-refractivity contribution in [3.63, 3.8) is 0 Å². The molecule has 2 aromatic rings. The molecule has 0 aliphatic carbocycles. The summed E-state index contributed by atoms with van der Waals surface area (Å²) >= 11 is 15.4. The minimum absolute atomic E-state index is 0.144. The van der Waals surface area contributed by atoms with Crippen LogP contribution in [-0.2, 0) is 4.79 Å². The molecule has 0 aromatic heterocycles. The molecular formula is C16H13BrCl2N2O2. The third kappa shape index (κ3) is 5.23. The molecule has 0 fully saturated rings. The smallest absolute Gasteiger partial charge is 0.277 e. The van der Waals surface area contributed by atoms with Crippen molar-refractivity contribution in [2.24, 2.45) is 5.10 Å². The summed E-state index contributed by atoms with van der Waals surface area (Å²) in [5, 5.41) is 4.74. The highest BCUT2D eigenvalue weighted by molar-refractivity contribution is 9.10. The maximum absolute atomic E-state index is 11.7. The molecule has 0 aliphatic heterocycles. The van der Waals surface area contributed by atoms with Gasteiger partial charge < -0.3 is 4.74 Å². The minimum Gasteiger partial charge on any atom is -0.484 e. The van der Waals surface area contributed by atoms with E-state index in [1.54, 1.807) is 24.3 Å². The number of rotatable bonds is 5. The van der Waals surface area contributed by atoms with Crippen molar-refractivity contribution in [3.05, 3.63) is 62.0 Å². The predicted octanol–water partition coefficient (Wildman–Crippen LogP) is 4.59. The Morgan fingerprint density at radius 1 is 1.30 bits per heavy atom. The topological polar surface area (TPSA) is 50.7 Å². The molecule has 0 heterocycles. The van der Waals surface area contributed by atoms with Crippen molar-refractivity contribution in [1.82, 2.24) is 5.43 Å². The van der Waals surface area contributed by atoms with Crippen LogP contribution in [0.3, 0.4) is 0 Å². The Morgan fingerprint density at radius 3 is 2.65 bits per heavy atom. The number of benzene rings is 2. The van der Waals surface area contributed by atoms with Gasteiger partial charge in [-0.15, -0.1) is 0 Å². The first-order valence-electron chi connectivity index (χ1n) is 6.62. The highest BCUT2D eigenvalue weighted by Crippen LogP contribution is 2.22. The number of amides is 1. The first-order valence-corrected chi connectivity index (χ1v) is 8.17. The van der Waals surface area contributed by atoms with Crippen LogP contribution in [0.5, 0.6) is 5.75 Å². The van der Waals surface area contributed by atoms with Gasteiger partial charge in [-0.2, -0.15) is 5.10 Å². The SMILES string of the molecule is Cc1cc(OCC(=O)N/N=C/c2c(Cl)cccc2Cl)ccc1Br. The Kier molecular flexibility index (Phi) is 6.45. The summed E-state index contributed by atoms with van der Waals surface area (Å²) in [6.45, 7) is 1.79. The van der Waals surface area contributed by atoms with E-state index < -0.39 is 0 Å². The first kappa shape index (κ1) is 17.8. The molecular weight excluding hydrogens is 403 g/mol. The van der Waals surface area contributed by atoms with Crippen molar-refractivity contribution < 1.29 is 9.53 Å². The Balaban J connectivity index is 1.87. The third-order valence-electron chi connectivity index (χ3n) is 2.88. The number of ether oxygens (including phenoxy) is 1. The van der Waals surface area contributed by atoms with E-state index in [-0.39, 0.29) is 12.5 Å². The van der Waals surface area contributed by atoms with E-state index in [2.05, 4.69) is 26.5 Å². The van der Waals surface area contributed by atoms with Gasteiger partial charge in [-0.25, -0.2) is 5.43 Å². The average molecular weight is 416 g/mol. The van der Waals surface area contributed by atoms with Crippen LogP contribution in [0.4, 0.5) is 0 Å². The predicted molar refractivity (Wildman–Crippen MR) is 96.6 cm³/mol. The first-order chi connectivity index (χ1) is 11.0. The highest BCUT2D eigenvalue weighted by atomic mass is 79.9. The number of hydrazone groups is 1. The molecule has 7 heteroatoms. The lowest BCUT2D eigenvalue weighted by Gasteiger charge is -2.07. The zero-order valence-corrected chi connectivity index (χ0v) is 15.2. The molecule has 0 aliphatic rings. The summed E-state index contributed by atoms with van der Waals surface area (Å²) in [5.41, 5.74) is 3.93. The number of aryl methyl sites for hydroxylation is 1. The number of halogens is 3. The number of nitrogens with one attached hydrogen (secondary N) is 1. The molecule has 0 unspecified atom stereocenters. The van der Waals surface area contributed by atoms with Crippen LogP contribution in [0.2, 0.25) is 10.0 Å². The van der Waals surface area contributed by atoms with E-state index in [1.165, 1.54) is 6.21 Å². The fourth-order valence-corrected chi connectivity index (χ4v) is 2.43. The quantitative estimate of drug-likeness (QED) is 0.573. The molecule has 4 nitrogen and oxygen atoms in total. The van der Waals surface area contributed by atoms with E-state index >= 15 is 0 Å². The normalized spacial score (nSPS) is 10.8. The molecule has 0 spiro atoms. The lowest BCUT2D eigenvalue weighted by atomic mass is 10.2. The summed E-state index contributed by atoms with van der Waals surface area (Å²) in [5.74, 6) is 0.226. The maximum atomic E-state index is 11.7. The largest absolute Gasteiger partial charge is 0.484 e. The van der Waals surface area contributed by atoms with Gasteiger partial charge in [0, 0.05) is 10.0 Å². The summed E-state index contributed by atoms with van der Waals surface area (Å²) in [7, 11) is 0. The van der Waals surface area contributed by atoms with Crippen LogP contribution in [0.25, 0.3) is 0 Å². The second-order valence-corrected chi connectivity index (χ2v) is 6.30. The lowest BCUT2D eigenvalue weighted by molar-refractivity contribution is -0.123. The summed E-state index contributed by atoms with van der Waals surface area (Å²) < 4.78 is 6.38. The van der Waals surface area contributed by atoms with E-state index in [0.29, 0.717) is 21.4 Å². The molecule has 0 saturated heterocycles. The standard InChI is InChI=1S/C16H13BrCl2N2O2/c1-10-7-11(5-6-13(10)17)23-9-16(22)21-20-8-12-14(18)3-2-4-15(12)19/h2-8H,9H2,1H3,(H,21,22)/b20-8+. The molecule has 2 rings (SSSR count). The van der Waals surface area contributed by atoms with Gasteiger partial charge in [-0.05, 0) is 42.8 Å². The van der Waals surface area contributed by atoms with Crippen molar-refractivity contribution in [3.8, 4) is 5.75 Å². The van der Waals surface area contributed by atoms with E-state index in [9.17, 15) is 4.79 Å². The Hall–Kier alpha value is -1.56. The van der Waals surface area contributed by atoms with Crippen LogP contribution in [-0.4, -0.2) is 18.7 Å². The van der Waals surface area contributed by atoms with Crippen molar-refractivity contribution in [2.75, 3.05) is 6.61 Å². The summed E-state index contributed by atoms with van der Waals surface area (Å²) in [6, 6.07) is 10.6. The molecule has 0 radical (unpaired) electrons. The van der Waals surface area contributed by atoms with Gasteiger partial charge in [0.25, 0.3) is 5.91 Å². The molecule has 23 heavy (non-hydrogen) atoms. The zero-order chi connectivity index (χ0) is 16.8.